The normalized spacial score (nSPS) is 11.5. The van der Waals surface area contributed by atoms with Crippen LogP contribution in [0.1, 0.15) is 20.9 Å². The Bertz CT molecular complexity index is 1040. The molecule has 0 saturated heterocycles. The number of nitrogens with zero attached hydrogens (tertiary/aromatic N) is 1. The van der Waals surface area contributed by atoms with Crippen molar-refractivity contribution in [2.24, 2.45) is 0 Å². The van der Waals surface area contributed by atoms with Crippen molar-refractivity contribution in [1.82, 2.24) is 4.98 Å². The van der Waals surface area contributed by atoms with Crippen LogP contribution < -0.4 is 5.32 Å². The molecule has 0 aliphatic carbocycles. The standard InChI is InChI=1S/C18H10F6N2OS/c1-8-15(16(27)26-12-7-6-11(19)13(20)14(12)21)28-17(25-8)9-2-4-10(5-3-9)18(22,23)24/h2-7H,1H3,(H,26,27). The minimum absolute atomic E-state index is 0.0547. The lowest BCUT2D eigenvalue weighted by molar-refractivity contribution is -0.137. The van der Waals surface area contributed by atoms with Gasteiger partial charge in [0.05, 0.1) is 16.9 Å². The molecule has 0 bridgehead atoms. The Morgan fingerprint density at radius 2 is 1.64 bits per heavy atom. The van der Waals surface area contributed by atoms with Gasteiger partial charge < -0.3 is 5.32 Å². The molecule has 0 fully saturated rings. The summed E-state index contributed by atoms with van der Waals surface area (Å²) < 4.78 is 77.9. The number of anilines is 1. The van der Waals surface area contributed by atoms with Crippen molar-refractivity contribution < 1.29 is 31.1 Å². The van der Waals surface area contributed by atoms with Crippen molar-refractivity contribution in [1.29, 1.82) is 0 Å². The molecule has 3 nitrogen and oxygen atoms in total. The molecule has 10 heteroatoms. The van der Waals surface area contributed by atoms with E-state index in [2.05, 4.69) is 10.3 Å². The zero-order valence-electron chi connectivity index (χ0n) is 14.0. The van der Waals surface area contributed by atoms with Crippen LogP contribution in [-0.2, 0) is 6.18 Å². The van der Waals surface area contributed by atoms with E-state index in [1.807, 2.05) is 0 Å². The van der Waals surface area contributed by atoms with E-state index in [1.54, 1.807) is 0 Å². The van der Waals surface area contributed by atoms with Gasteiger partial charge >= 0.3 is 6.18 Å². The molecule has 0 saturated carbocycles. The molecule has 0 radical (unpaired) electrons. The van der Waals surface area contributed by atoms with Gasteiger partial charge in [-0.25, -0.2) is 18.2 Å². The minimum atomic E-state index is -4.48. The summed E-state index contributed by atoms with van der Waals surface area (Å²) >= 11 is 0.872. The van der Waals surface area contributed by atoms with Crippen LogP contribution in [0.25, 0.3) is 10.6 Å². The molecule has 1 amide bonds. The number of rotatable bonds is 3. The third-order valence-corrected chi connectivity index (χ3v) is 4.95. The molecular weight excluding hydrogens is 406 g/mol. The fourth-order valence-electron chi connectivity index (χ4n) is 2.33. The second-order valence-electron chi connectivity index (χ2n) is 5.69. The fourth-order valence-corrected chi connectivity index (χ4v) is 3.30. The maximum absolute atomic E-state index is 13.7. The van der Waals surface area contributed by atoms with Gasteiger partial charge in [0.25, 0.3) is 5.91 Å². The molecule has 3 aromatic rings. The van der Waals surface area contributed by atoms with E-state index in [9.17, 15) is 31.1 Å². The molecule has 1 N–H and O–H groups in total. The summed E-state index contributed by atoms with van der Waals surface area (Å²) in [6.45, 7) is 1.49. The number of hydrogen-bond acceptors (Lipinski definition) is 3. The Hall–Kier alpha value is -2.88. The first kappa shape index (κ1) is 19.9. The molecule has 1 aromatic heterocycles. The van der Waals surface area contributed by atoms with Gasteiger partial charge in [-0.05, 0) is 31.2 Å². The van der Waals surface area contributed by atoms with Crippen LogP contribution in [0.15, 0.2) is 36.4 Å². The molecule has 0 atom stereocenters. The Balaban J connectivity index is 1.86. The molecular formula is C18H10F6N2OS. The van der Waals surface area contributed by atoms with Crippen molar-refractivity contribution in [3.05, 3.63) is 70.0 Å². The average molecular weight is 416 g/mol. The van der Waals surface area contributed by atoms with Crippen molar-refractivity contribution in [2.45, 2.75) is 13.1 Å². The molecule has 2 aromatic carbocycles. The summed E-state index contributed by atoms with van der Waals surface area (Å²) in [5.41, 5.74) is -0.761. The third kappa shape index (κ3) is 3.86. The molecule has 0 spiro atoms. The first-order chi connectivity index (χ1) is 13.1. The SMILES string of the molecule is Cc1nc(-c2ccc(C(F)(F)F)cc2)sc1C(=O)Nc1ccc(F)c(F)c1F. The number of halogens is 6. The molecule has 0 aliphatic heterocycles. The van der Waals surface area contributed by atoms with Crippen LogP contribution in [-0.4, -0.2) is 10.9 Å². The Morgan fingerprint density at radius 3 is 2.25 bits per heavy atom. The smallest absolute Gasteiger partial charge is 0.319 e. The van der Waals surface area contributed by atoms with Crippen molar-refractivity contribution in [3.8, 4) is 10.6 Å². The number of alkyl halides is 3. The van der Waals surface area contributed by atoms with Gasteiger partial charge in [-0.15, -0.1) is 11.3 Å². The summed E-state index contributed by atoms with van der Waals surface area (Å²) in [4.78, 5) is 16.5. The Kier molecular flexibility index (Phi) is 5.16. The summed E-state index contributed by atoms with van der Waals surface area (Å²) in [6, 6.07) is 5.76. The van der Waals surface area contributed by atoms with E-state index in [1.165, 1.54) is 19.1 Å². The van der Waals surface area contributed by atoms with Gasteiger partial charge in [-0.1, -0.05) is 12.1 Å². The lowest BCUT2D eigenvalue weighted by Gasteiger charge is -2.06. The van der Waals surface area contributed by atoms with Crippen LogP contribution in [0, 0.1) is 24.4 Å². The monoisotopic (exact) mass is 416 g/mol. The molecule has 146 valence electrons. The number of carbonyl (C=O) groups excluding carboxylic acids is 1. The highest BCUT2D eigenvalue weighted by Gasteiger charge is 2.30. The predicted molar refractivity (Wildman–Crippen MR) is 91.6 cm³/mol. The van der Waals surface area contributed by atoms with E-state index in [-0.39, 0.29) is 15.6 Å². The topological polar surface area (TPSA) is 42.0 Å². The highest BCUT2D eigenvalue weighted by atomic mass is 32.1. The number of amides is 1. The number of aromatic nitrogens is 1. The lowest BCUT2D eigenvalue weighted by Crippen LogP contribution is -2.13. The fraction of sp³-hybridized carbons (Fsp3) is 0.111. The maximum atomic E-state index is 13.7. The predicted octanol–water partition coefficient (Wildman–Crippen LogP) is 5.81. The summed E-state index contributed by atoms with van der Waals surface area (Å²) in [7, 11) is 0. The van der Waals surface area contributed by atoms with Gasteiger partial charge in [0.15, 0.2) is 17.5 Å². The Labute approximate surface area is 158 Å². The molecule has 0 unspecified atom stereocenters. The second kappa shape index (κ2) is 7.27. The van der Waals surface area contributed by atoms with Gasteiger partial charge in [-0.2, -0.15) is 13.2 Å². The van der Waals surface area contributed by atoms with E-state index >= 15 is 0 Å². The van der Waals surface area contributed by atoms with Gasteiger partial charge in [0.1, 0.15) is 9.88 Å². The first-order valence-electron chi connectivity index (χ1n) is 7.68. The van der Waals surface area contributed by atoms with Crippen molar-refractivity contribution in [2.75, 3.05) is 5.32 Å². The zero-order chi connectivity index (χ0) is 20.6. The third-order valence-electron chi connectivity index (χ3n) is 3.75. The number of benzene rings is 2. The quantitative estimate of drug-likeness (QED) is 0.433. The van der Waals surface area contributed by atoms with E-state index in [0.717, 1.165) is 29.5 Å². The first-order valence-corrected chi connectivity index (χ1v) is 8.49. The van der Waals surface area contributed by atoms with E-state index < -0.39 is 40.8 Å². The minimum Gasteiger partial charge on any atom is -0.319 e. The van der Waals surface area contributed by atoms with Gasteiger partial charge in [0.2, 0.25) is 0 Å². The highest BCUT2D eigenvalue weighted by Crippen LogP contribution is 2.33. The van der Waals surface area contributed by atoms with Crippen LogP contribution >= 0.6 is 11.3 Å². The van der Waals surface area contributed by atoms with Crippen LogP contribution in [0.5, 0.6) is 0 Å². The molecule has 1 heterocycles. The number of aryl methyl sites for hydroxylation is 1. The summed E-state index contributed by atoms with van der Waals surface area (Å²) in [5, 5.41) is 2.41. The maximum Gasteiger partial charge on any atom is 0.416 e. The number of hydrogen-bond donors (Lipinski definition) is 1. The Morgan fingerprint density at radius 1 is 1.00 bits per heavy atom. The zero-order valence-corrected chi connectivity index (χ0v) is 14.8. The summed E-state index contributed by atoms with van der Waals surface area (Å²) in [6.07, 6.45) is -4.48. The largest absolute Gasteiger partial charge is 0.416 e. The number of carbonyl (C=O) groups is 1. The van der Waals surface area contributed by atoms with Crippen LogP contribution in [0.3, 0.4) is 0 Å². The van der Waals surface area contributed by atoms with Crippen LogP contribution in [0.4, 0.5) is 32.0 Å². The van der Waals surface area contributed by atoms with E-state index in [4.69, 9.17) is 0 Å². The summed E-state index contributed by atoms with van der Waals surface area (Å²) in [5.74, 6) is -5.46. The lowest BCUT2D eigenvalue weighted by atomic mass is 10.1. The highest BCUT2D eigenvalue weighted by molar-refractivity contribution is 7.17. The second-order valence-corrected chi connectivity index (χ2v) is 6.68. The number of nitrogens with one attached hydrogen (secondary N) is 1. The molecule has 3 rings (SSSR count). The average Bonchev–Trinajstić information content (AvgIpc) is 3.03. The van der Waals surface area contributed by atoms with E-state index in [0.29, 0.717) is 11.6 Å². The number of thiazole rings is 1. The van der Waals surface area contributed by atoms with Crippen molar-refractivity contribution in [3.63, 3.8) is 0 Å². The van der Waals surface area contributed by atoms with Crippen molar-refractivity contribution >= 4 is 22.9 Å². The molecule has 0 aliphatic rings. The van der Waals surface area contributed by atoms with Crippen LogP contribution in [0.2, 0.25) is 0 Å². The van der Waals surface area contributed by atoms with Gasteiger partial charge in [0, 0.05) is 5.56 Å². The van der Waals surface area contributed by atoms with Gasteiger partial charge in [-0.3, -0.25) is 4.79 Å². The molecule has 28 heavy (non-hydrogen) atoms.